The zero-order chi connectivity index (χ0) is 12.7. The molecule has 0 bridgehead atoms. The highest BCUT2D eigenvalue weighted by molar-refractivity contribution is 5.63. The maximum atomic E-state index is 13.2. The Morgan fingerprint density at radius 1 is 1.06 bits per heavy atom. The minimum atomic E-state index is -0.182. The lowest BCUT2D eigenvalue weighted by atomic mass is 10.1. The maximum absolute atomic E-state index is 13.2. The van der Waals surface area contributed by atoms with E-state index in [1.54, 1.807) is 13.0 Å². The van der Waals surface area contributed by atoms with Crippen molar-refractivity contribution in [1.82, 2.24) is 9.38 Å². The first kappa shape index (κ1) is 11.0. The van der Waals surface area contributed by atoms with Crippen molar-refractivity contribution in [1.29, 1.82) is 0 Å². The van der Waals surface area contributed by atoms with Gasteiger partial charge < -0.3 is 4.40 Å². The van der Waals surface area contributed by atoms with Gasteiger partial charge in [0.25, 0.3) is 0 Å². The van der Waals surface area contributed by atoms with E-state index in [-0.39, 0.29) is 5.82 Å². The van der Waals surface area contributed by atoms with Gasteiger partial charge in [-0.05, 0) is 49.2 Å². The molecule has 0 aliphatic carbocycles. The number of halogens is 1. The summed E-state index contributed by atoms with van der Waals surface area (Å²) in [6, 6.07) is 9.08. The third-order valence-corrected chi connectivity index (χ3v) is 3.05. The minimum absolute atomic E-state index is 0.182. The van der Waals surface area contributed by atoms with E-state index < -0.39 is 0 Å². The van der Waals surface area contributed by atoms with Crippen LogP contribution in [0.5, 0.6) is 0 Å². The van der Waals surface area contributed by atoms with Gasteiger partial charge in [-0.1, -0.05) is 6.07 Å². The number of imidazole rings is 1. The fourth-order valence-corrected chi connectivity index (χ4v) is 2.05. The van der Waals surface area contributed by atoms with Crippen LogP contribution in [0.2, 0.25) is 0 Å². The molecule has 1 aromatic carbocycles. The first-order chi connectivity index (χ1) is 8.63. The Labute approximate surface area is 105 Å². The van der Waals surface area contributed by atoms with Gasteiger partial charge in [0, 0.05) is 18.0 Å². The number of nitrogens with zero attached hydrogens (tertiary/aromatic N) is 2. The third-order valence-electron chi connectivity index (χ3n) is 3.05. The molecule has 0 amide bonds. The van der Waals surface area contributed by atoms with Crippen LogP contribution < -0.4 is 0 Å². The smallest absolute Gasteiger partial charge is 0.137 e. The van der Waals surface area contributed by atoms with Gasteiger partial charge in [0.15, 0.2) is 0 Å². The quantitative estimate of drug-likeness (QED) is 0.633. The van der Waals surface area contributed by atoms with Crippen molar-refractivity contribution in [2.24, 2.45) is 0 Å². The SMILES string of the molecule is Cc1ccc2nc(-c3ccc(F)c(C)c3)cn2c1. The largest absolute Gasteiger partial charge is 0.306 e. The Bertz CT molecular complexity index is 728. The van der Waals surface area contributed by atoms with Gasteiger partial charge in [-0.25, -0.2) is 9.37 Å². The van der Waals surface area contributed by atoms with E-state index >= 15 is 0 Å². The van der Waals surface area contributed by atoms with Gasteiger partial charge in [-0.15, -0.1) is 0 Å². The van der Waals surface area contributed by atoms with E-state index in [2.05, 4.69) is 4.98 Å². The van der Waals surface area contributed by atoms with E-state index in [0.29, 0.717) is 5.56 Å². The number of benzene rings is 1. The third kappa shape index (κ3) is 1.78. The average molecular weight is 240 g/mol. The normalized spacial score (nSPS) is 11.1. The summed E-state index contributed by atoms with van der Waals surface area (Å²) in [5.41, 5.74) is 4.53. The lowest BCUT2D eigenvalue weighted by Crippen LogP contribution is -1.84. The highest BCUT2D eigenvalue weighted by atomic mass is 19.1. The number of pyridine rings is 1. The highest BCUT2D eigenvalue weighted by Crippen LogP contribution is 2.21. The second-order valence-corrected chi connectivity index (χ2v) is 4.56. The molecular formula is C15H13FN2. The summed E-state index contributed by atoms with van der Waals surface area (Å²) >= 11 is 0. The first-order valence-corrected chi connectivity index (χ1v) is 5.85. The van der Waals surface area contributed by atoms with Crippen molar-refractivity contribution in [3.63, 3.8) is 0 Å². The van der Waals surface area contributed by atoms with Gasteiger partial charge in [-0.2, -0.15) is 0 Å². The van der Waals surface area contributed by atoms with Crippen LogP contribution in [0, 0.1) is 19.7 Å². The Kier molecular flexibility index (Phi) is 2.40. The lowest BCUT2D eigenvalue weighted by Gasteiger charge is -1.99. The fraction of sp³-hybridized carbons (Fsp3) is 0.133. The molecular weight excluding hydrogens is 227 g/mol. The molecule has 0 spiro atoms. The number of fused-ring (bicyclic) bond motifs is 1. The van der Waals surface area contributed by atoms with Crippen LogP contribution in [-0.2, 0) is 0 Å². The Hall–Kier alpha value is -2.16. The molecule has 90 valence electrons. The van der Waals surface area contributed by atoms with Gasteiger partial charge >= 0.3 is 0 Å². The Morgan fingerprint density at radius 2 is 1.89 bits per heavy atom. The van der Waals surface area contributed by atoms with Crippen molar-refractivity contribution in [3.8, 4) is 11.3 Å². The van der Waals surface area contributed by atoms with Crippen molar-refractivity contribution < 1.29 is 4.39 Å². The van der Waals surface area contributed by atoms with Crippen molar-refractivity contribution in [2.45, 2.75) is 13.8 Å². The van der Waals surface area contributed by atoms with Crippen LogP contribution in [0.25, 0.3) is 16.9 Å². The number of hydrogen-bond donors (Lipinski definition) is 0. The molecule has 0 aliphatic rings. The standard InChI is InChI=1S/C15H13FN2/c1-10-3-6-15-17-14(9-18(15)8-10)12-4-5-13(16)11(2)7-12/h3-9H,1-2H3. The molecule has 0 radical (unpaired) electrons. The molecule has 0 fully saturated rings. The van der Waals surface area contributed by atoms with E-state index in [0.717, 1.165) is 16.9 Å². The van der Waals surface area contributed by atoms with Crippen molar-refractivity contribution in [2.75, 3.05) is 0 Å². The van der Waals surface area contributed by atoms with E-state index in [4.69, 9.17) is 0 Å². The lowest BCUT2D eigenvalue weighted by molar-refractivity contribution is 0.619. The predicted octanol–water partition coefficient (Wildman–Crippen LogP) is 3.76. The summed E-state index contributed by atoms with van der Waals surface area (Å²) in [4.78, 5) is 4.54. The van der Waals surface area contributed by atoms with Gasteiger partial charge in [0.2, 0.25) is 0 Å². The molecule has 0 saturated heterocycles. The summed E-state index contributed by atoms with van der Waals surface area (Å²) in [7, 11) is 0. The second kappa shape index (κ2) is 3.95. The summed E-state index contributed by atoms with van der Waals surface area (Å²) < 4.78 is 15.2. The molecule has 0 unspecified atom stereocenters. The minimum Gasteiger partial charge on any atom is -0.306 e. The van der Waals surface area contributed by atoms with E-state index in [9.17, 15) is 4.39 Å². The zero-order valence-electron chi connectivity index (χ0n) is 10.3. The number of aromatic nitrogens is 2. The summed E-state index contributed by atoms with van der Waals surface area (Å²) in [5.74, 6) is -0.182. The van der Waals surface area contributed by atoms with Crippen molar-refractivity contribution in [3.05, 3.63) is 59.7 Å². The van der Waals surface area contributed by atoms with Crippen LogP contribution >= 0.6 is 0 Å². The van der Waals surface area contributed by atoms with Gasteiger partial charge in [-0.3, -0.25) is 0 Å². The fourth-order valence-electron chi connectivity index (χ4n) is 2.05. The molecule has 0 saturated carbocycles. The van der Waals surface area contributed by atoms with Crippen LogP contribution in [0.3, 0.4) is 0 Å². The first-order valence-electron chi connectivity index (χ1n) is 5.85. The highest BCUT2D eigenvalue weighted by Gasteiger charge is 2.06. The monoisotopic (exact) mass is 240 g/mol. The molecule has 3 heteroatoms. The van der Waals surface area contributed by atoms with Crippen LogP contribution in [-0.4, -0.2) is 9.38 Å². The maximum Gasteiger partial charge on any atom is 0.137 e. The topological polar surface area (TPSA) is 17.3 Å². The van der Waals surface area contributed by atoms with E-state index in [1.807, 2.05) is 41.9 Å². The average Bonchev–Trinajstić information content (AvgIpc) is 2.75. The van der Waals surface area contributed by atoms with Crippen LogP contribution in [0.15, 0.2) is 42.7 Å². The Morgan fingerprint density at radius 3 is 2.67 bits per heavy atom. The number of hydrogen-bond acceptors (Lipinski definition) is 1. The molecule has 2 nitrogen and oxygen atoms in total. The summed E-state index contributed by atoms with van der Waals surface area (Å²) in [6.07, 6.45) is 4.00. The molecule has 2 aromatic heterocycles. The molecule has 18 heavy (non-hydrogen) atoms. The number of aryl methyl sites for hydroxylation is 2. The number of rotatable bonds is 1. The Balaban J connectivity index is 2.16. The van der Waals surface area contributed by atoms with Crippen LogP contribution in [0.4, 0.5) is 4.39 Å². The van der Waals surface area contributed by atoms with Gasteiger partial charge in [0.05, 0.1) is 5.69 Å². The molecule has 3 rings (SSSR count). The van der Waals surface area contributed by atoms with E-state index in [1.165, 1.54) is 11.6 Å². The van der Waals surface area contributed by atoms with Gasteiger partial charge in [0.1, 0.15) is 11.5 Å². The molecule has 2 heterocycles. The second-order valence-electron chi connectivity index (χ2n) is 4.56. The molecule has 3 aromatic rings. The van der Waals surface area contributed by atoms with Crippen LogP contribution in [0.1, 0.15) is 11.1 Å². The zero-order valence-corrected chi connectivity index (χ0v) is 10.3. The molecule has 0 aliphatic heterocycles. The van der Waals surface area contributed by atoms with Crippen molar-refractivity contribution >= 4 is 5.65 Å². The molecule has 0 N–H and O–H groups in total. The summed E-state index contributed by atoms with van der Waals surface area (Å²) in [5, 5.41) is 0. The predicted molar refractivity (Wildman–Crippen MR) is 70.1 cm³/mol. The molecule has 0 atom stereocenters. The summed E-state index contributed by atoms with van der Waals surface area (Å²) in [6.45, 7) is 3.81.